The Morgan fingerprint density at radius 2 is 2.09 bits per heavy atom. The minimum atomic E-state index is -0.255. The first kappa shape index (κ1) is 20.8. The van der Waals surface area contributed by atoms with Gasteiger partial charge in [-0.15, -0.1) is 11.3 Å². The Morgan fingerprint density at radius 3 is 2.84 bits per heavy atom. The predicted molar refractivity (Wildman–Crippen MR) is 131 cm³/mol. The summed E-state index contributed by atoms with van der Waals surface area (Å²) in [6.07, 6.45) is 3.19. The molecule has 1 aliphatic heterocycles. The molecule has 3 heterocycles. The van der Waals surface area contributed by atoms with Gasteiger partial charge in [-0.1, -0.05) is 35.5 Å². The average Bonchev–Trinajstić information content (AvgIpc) is 3.52. The van der Waals surface area contributed by atoms with Crippen LogP contribution in [0.1, 0.15) is 10.8 Å². The average molecular weight is 482 g/mol. The number of thioether (sulfide) groups is 1. The summed E-state index contributed by atoms with van der Waals surface area (Å²) < 4.78 is 11.7. The Labute approximate surface area is 197 Å². The number of fused-ring (bicyclic) bond motifs is 1. The fourth-order valence-electron chi connectivity index (χ4n) is 3.23. The van der Waals surface area contributed by atoms with Crippen LogP contribution in [0.4, 0.5) is 5.69 Å². The predicted octanol–water partition coefficient (Wildman–Crippen LogP) is 6.23. The second-order valence-corrected chi connectivity index (χ2v) is 9.23. The number of carbonyl (C=O) groups excluding carboxylic acids is 1. The number of rotatable bonds is 5. The van der Waals surface area contributed by atoms with E-state index in [4.69, 9.17) is 20.8 Å². The number of carbonyl (C=O) groups is 1. The zero-order chi connectivity index (χ0) is 22.1. The minimum Gasteiger partial charge on any atom is -0.495 e. The number of aromatic nitrogens is 1. The quantitative estimate of drug-likeness (QED) is 0.316. The van der Waals surface area contributed by atoms with Gasteiger partial charge in [0.1, 0.15) is 22.2 Å². The first-order valence-corrected chi connectivity index (χ1v) is 11.8. The molecule has 1 amide bonds. The van der Waals surface area contributed by atoms with Crippen LogP contribution in [0.25, 0.3) is 16.3 Å². The summed E-state index contributed by atoms with van der Waals surface area (Å²) in [6, 6.07) is 16.8. The third-order valence-electron chi connectivity index (χ3n) is 4.71. The zero-order valence-electron chi connectivity index (χ0n) is 16.8. The monoisotopic (exact) mass is 481 g/mol. The number of furan rings is 1. The number of amides is 1. The summed E-state index contributed by atoms with van der Waals surface area (Å²) in [5.41, 5.74) is 1.87. The number of para-hydroxylation sites is 1. The maximum absolute atomic E-state index is 13.3. The third kappa shape index (κ3) is 4.04. The lowest BCUT2D eigenvalue weighted by Crippen LogP contribution is -2.30. The van der Waals surface area contributed by atoms with Gasteiger partial charge in [0.25, 0.3) is 5.91 Å². The molecule has 9 heteroatoms. The summed E-state index contributed by atoms with van der Waals surface area (Å²) in [7, 11) is 1.55. The summed E-state index contributed by atoms with van der Waals surface area (Å²) in [5, 5.41) is 1.92. The first-order valence-electron chi connectivity index (χ1n) is 9.61. The molecule has 1 aliphatic rings. The van der Waals surface area contributed by atoms with Crippen LogP contribution in [0.15, 0.2) is 76.0 Å². The molecule has 0 saturated heterocycles. The van der Waals surface area contributed by atoms with Crippen LogP contribution in [0, 0.1) is 0 Å². The maximum Gasteiger partial charge on any atom is 0.283 e. The Balaban J connectivity index is 1.47. The smallest absolute Gasteiger partial charge is 0.283 e. The summed E-state index contributed by atoms with van der Waals surface area (Å²) in [4.78, 5) is 24.1. The molecule has 0 unspecified atom stereocenters. The third-order valence-corrected chi connectivity index (χ3v) is 7.17. The molecule has 4 aromatic rings. The molecule has 2 aromatic heterocycles. The van der Waals surface area contributed by atoms with Crippen LogP contribution in [0.3, 0.4) is 0 Å². The van der Waals surface area contributed by atoms with E-state index in [0.29, 0.717) is 38.8 Å². The molecule has 0 radical (unpaired) electrons. The van der Waals surface area contributed by atoms with Gasteiger partial charge in [0.15, 0.2) is 5.17 Å². The number of methoxy groups -OCH3 is 1. The largest absolute Gasteiger partial charge is 0.495 e. The van der Waals surface area contributed by atoms with Crippen molar-refractivity contribution in [3.05, 3.63) is 82.3 Å². The van der Waals surface area contributed by atoms with Crippen LogP contribution in [-0.4, -0.2) is 23.2 Å². The van der Waals surface area contributed by atoms with Crippen molar-refractivity contribution < 1.29 is 13.9 Å². The van der Waals surface area contributed by atoms with Crippen molar-refractivity contribution in [2.75, 3.05) is 12.0 Å². The van der Waals surface area contributed by atoms with Crippen LogP contribution in [0.5, 0.6) is 5.75 Å². The fourth-order valence-corrected chi connectivity index (χ4v) is 5.46. The number of anilines is 1. The highest BCUT2D eigenvalue weighted by Gasteiger charge is 2.33. The molecule has 0 fully saturated rings. The van der Waals surface area contributed by atoms with E-state index in [2.05, 4.69) is 9.98 Å². The van der Waals surface area contributed by atoms with E-state index in [1.54, 1.807) is 66.0 Å². The molecule has 0 spiro atoms. The molecular formula is C23H16ClN3O3S2. The number of nitrogens with zero attached hydrogens (tertiary/aromatic N) is 3. The van der Waals surface area contributed by atoms with Gasteiger partial charge in [-0.05, 0) is 42.5 Å². The van der Waals surface area contributed by atoms with E-state index >= 15 is 0 Å². The van der Waals surface area contributed by atoms with Crippen molar-refractivity contribution in [1.82, 2.24) is 4.98 Å². The molecule has 0 saturated carbocycles. The molecule has 0 aliphatic carbocycles. The molecule has 5 rings (SSSR count). The van der Waals surface area contributed by atoms with E-state index in [0.717, 1.165) is 15.2 Å². The topological polar surface area (TPSA) is 67.9 Å². The number of halogens is 1. The Morgan fingerprint density at radius 1 is 1.22 bits per heavy atom. The lowest BCUT2D eigenvalue weighted by molar-refractivity contribution is -0.113. The number of ether oxygens (including phenoxy) is 1. The molecule has 0 bridgehead atoms. The molecule has 0 N–H and O–H groups in total. The van der Waals surface area contributed by atoms with Crippen molar-refractivity contribution >= 4 is 67.8 Å². The van der Waals surface area contributed by atoms with Crippen LogP contribution in [0.2, 0.25) is 5.02 Å². The second-order valence-electron chi connectivity index (χ2n) is 6.76. The highest BCUT2D eigenvalue weighted by atomic mass is 35.5. The van der Waals surface area contributed by atoms with Gasteiger partial charge in [-0.3, -0.25) is 9.69 Å². The first-order chi connectivity index (χ1) is 15.6. The van der Waals surface area contributed by atoms with Gasteiger partial charge < -0.3 is 9.15 Å². The number of benzene rings is 2. The maximum atomic E-state index is 13.3. The second kappa shape index (κ2) is 8.82. The lowest BCUT2D eigenvalue weighted by Gasteiger charge is -2.18. The van der Waals surface area contributed by atoms with Crippen molar-refractivity contribution in [1.29, 1.82) is 0 Å². The fraction of sp³-hybridized carbons (Fsp3) is 0.0870. The van der Waals surface area contributed by atoms with Gasteiger partial charge in [0.05, 0.1) is 40.1 Å². The minimum absolute atomic E-state index is 0.255. The van der Waals surface area contributed by atoms with E-state index in [1.807, 2.05) is 24.3 Å². The van der Waals surface area contributed by atoms with Gasteiger partial charge in [-0.2, -0.15) is 0 Å². The number of hydrogen-bond donors (Lipinski definition) is 0. The van der Waals surface area contributed by atoms with Crippen LogP contribution in [-0.2, 0) is 10.5 Å². The van der Waals surface area contributed by atoms with Crippen molar-refractivity contribution in [2.45, 2.75) is 5.75 Å². The number of thiazole rings is 1. The SMILES string of the molecule is COc1ccc(N2C(=O)/C(=C/c3ccco3)N=C2SCc2nc3ccccc3s2)cc1Cl. The standard InChI is InChI=1S/C23H16ClN3O3S2/c1-29-19-9-8-14(11-16(19)24)27-22(28)18(12-15-5-4-10-30-15)26-23(27)31-13-21-25-17-6-2-3-7-20(17)32-21/h2-12H,13H2,1H3/b18-12-. The normalized spacial score (nSPS) is 15.1. The summed E-state index contributed by atoms with van der Waals surface area (Å²) in [5.74, 6) is 1.42. The Kier molecular flexibility index (Phi) is 5.73. The van der Waals surface area contributed by atoms with Crippen LogP contribution >= 0.6 is 34.7 Å². The lowest BCUT2D eigenvalue weighted by atomic mass is 10.2. The van der Waals surface area contributed by atoms with Gasteiger partial charge >= 0.3 is 0 Å². The Hall–Kier alpha value is -3.07. The highest BCUT2D eigenvalue weighted by molar-refractivity contribution is 8.13. The molecule has 0 atom stereocenters. The highest BCUT2D eigenvalue weighted by Crippen LogP contribution is 2.35. The molecule has 160 valence electrons. The van der Waals surface area contributed by atoms with Gasteiger partial charge in [-0.25, -0.2) is 9.98 Å². The van der Waals surface area contributed by atoms with Crippen LogP contribution < -0.4 is 9.64 Å². The van der Waals surface area contributed by atoms with Gasteiger partial charge in [0.2, 0.25) is 0 Å². The number of aliphatic imine (C=N–C) groups is 1. The van der Waals surface area contributed by atoms with E-state index in [9.17, 15) is 4.79 Å². The van der Waals surface area contributed by atoms with Gasteiger partial charge in [0, 0.05) is 6.08 Å². The molecular weight excluding hydrogens is 466 g/mol. The number of amidine groups is 1. The van der Waals surface area contributed by atoms with E-state index in [1.165, 1.54) is 11.8 Å². The van der Waals surface area contributed by atoms with Crippen molar-refractivity contribution in [3.63, 3.8) is 0 Å². The summed E-state index contributed by atoms with van der Waals surface area (Å²) >= 11 is 9.41. The van der Waals surface area contributed by atoms with Crippen molar-refractivity contribution in [2.24, 2.45) is 4.99 Å². The molecule has 32 heavy (non-hydrogen) atoms. The van der Waals surface area contributed by atoms with Crippen molar-refractivity contribution in [3.8, 4) is 5.75 Å². The van der Waals surface area contributed by atoms with E-state index < -0.39 is 0 Å². The number of hydrogen-bond acceptors (Lipinski definition) is 7. The summed E-state index contributed by atoms with van der Waals surface area (Å²) in [6.45, 7) is 0. The Bertz CT molecular complexity index is 1330. The molecule has 6 nitrogen and oxygen atoms in total. The van der Waals surface area contributed by atoms with E-state index in [-0.39, 0.29) is 5.91 Å². The molecule has 2 aromatic carbocycles. The zero-order valence-corrected chi connectivity index (χ0v) is 19.2.